The smallest absolute Gasteiger partial charge is 0.416 e. The number of rotatable bonds is 7. The molecule has 0 saturated heterocycles. The van der Waals surface area contributed by atoms with Crippen molar-refractivity contribution in [1.82, 2.24) is 0 Å². The van der Waals surface area contributed by atoms with Crippen LogP contribution in [-0.4, -0.2) is 13.3 Å². The number of aryl methyl sites for hydroxylation is 1. The maximum absolute atomic E-state index is 12.6. The molecular weight excluding hydrogens is 473 g/mol. The zero-order valence-electron chi connectivity index (χ0n) is 16.8. The van der Waals surface area contributed by atoms with Crippen molar-refractivity contribution in [3.8, 4) is 11.5 Å². The lowest BCUT2D eigenvalue weighted by molar-refractivity contribution is -0.137. The van der Waals surface area contributed by atoms with E-state index >= 15 is 0 Å². The fraction of sp³-hybridized carbons (Fsp3) is 0.174. The van der Waals surface area contributed by atoms with Crippen LogP contribution >= 0.6 is 15.9 Å². The minimum absolute atomic E-state index is 0.396. The Morgan fingerprint density at radius 2 is 1.77 bits per heavy atom. The Balaban J connectivity index is 1.69. The Hall–Kier alpha value is -3.00. The quantitative estimate of drug-likeness (QED) is 0.291. The highest BCUT2D eigenvalue weighted by Gasteiger charge is 2.29. The molecule has 162 valence electrons. The lowest BCUT2D eigenvalue weighted by Crippen LogP contribution is -2.04. The van der Waals surface area contributed by atoms with Gasteiger partial charge >= 0.3 is 6.18 Å². The fourth-order valence-corrected chi connectivity index (χ4v) is 3.22. The van der Waals surface area contributed by atoms with Crippen molar-refractivity contribution in [2.75, 3.05) is 12.5 Å². The van der Waals surface area contributed by atoms with Gasteiger partial charge in [-0.3, -0.25) is 5.43 Å². The number of benzene rings is 3. The van der Waals surface area contributed by atoms with E-state index in [4.69, 9.17) is 9.47 Å². The van der Waals surface area contributed by atoms with Crippen molar-refractivity contribution < 1.29 is 22.6 Å². The molecule has 4 nitrogen and oxygen atoms in total. The van der Waals surface area contributed by atoms with Gasteiger partial charge in [-0.25, -0.2) is 0 Å². The Kier molecular flexibility index (Phi) is 7.22. The van der Waals surface area contributed by atoms with Crippen molar-refractivity contribution >= 4 is 27.8 Å². The van der Waals surface area contributed by atoms with Gasteiger partial charge in [-0.05, 0) is 64.8 Å². The lowest BCUT2D eigenvalue weighted by atomic mass is 10.1. The van der Waals surface area contributed by atoms with Gasteiger partial charge in [0, 0.05) is 10.0 Å². The van der Waals surface area contributed by atoms with Crippen molar-refractivity contribution in [1.29, 1.82) is 0 Å². The first-order valence-electron chi connectivity index (χ1n) is 9.28. The molecule has 0 aliphatic rings. The number of hydrazone groups is 1. The number of alkyl halides is 3. The first kappa shape index (κ1) is 22.7. The van der Waals surface area contributed by atoms with Gasteiger partial charge in [0.2, 0.25) is 0 Å². The lowest BCUT2D eigenvalue weighted by Gasteiger charge is -2.13. The van der Waals surface area contributed by atoms with Crippen LogP contribution in [-0.2, 0) is 12.8 Å². The molecule has 0 aliphatic carbocycles. The molecule has 0 saturated carbocycles. The summed E-state index contributed by atoms with van der Waals surface area (Å²) in [6.45, 7) is 2.42. The van der Waals surface area contributed by atoms with Crippen molar-refractivity contribution in [3.63, 3.8) is 0 Å². The third-order valence-corrected chi connectivity index (χ3v) is 5.06. The van der Waals surface area contributed by atoms with Crippen molar-refractivity contribution in [2.45, 2.75) is 19.7 Å². The molecule has 3 aromatic carbocycles. The molecule has 31 heavy (non-hydrogen) atoms. The van der Waals surface area contributed by atoms with Crippen molar-refractivity contribution in [3.05, 3.63) is 87.4 Å². The minimum atomic E-state index is -4.37. The van der Waals surface area contributed by atoms with Gasteiger partial charge in [0.15, 0.2) is 11.5 Å². The molecule has 3 rings (SSSR count). The standard InChI is InChI=1S/C23H20BrF3N2O2/c1-15-4-3-5-16(10-15)14-31-22-12-20(24)17(11-21(22)30-2)13-28-29-19-8-6-18(7-9-19)23(25,26)27/h3-13,29H,14H2,1-2H3/b28-13+. The third kappa shape index (κ3) is 6.24. The van der Waals surface area contributed by atoms with Crippen molar-refractivity contribution in [2.24, 2.45) is 5.10 Å². The molecule has 0 atom stereocenters. The van der Waals surface area contributed by atoms with Crippen LogP contribution in [0.2, 0.25) is 0 Å². The second-order valence-electron chi connectivity index (χ2n) is 6.75. The fourth-order valence-electron chi connectivity index (χ4n) is 2.80. The highest BCUT2D eigenvalue weighted by molar-refractivity contribution is 9.10. The number of nitrogens with zero attached hydrogens (tertiary/aromatic N) is 1. The van der Waals surface area contributed by atoms with E-state index in [0.29, 0.717) is 29.4 Å². The number of anilines is 1. The van der Waals surface area contributed by atoms with Crippen LogP contribution in [0.5, 0.6) is 11.5 Å². The molecule has 0 amide bonds. The van der Waals surface area contributed by atoms with E-state index in [1.807, 2.05) is 25.1 Å². The van der Waals surface area contributed by atoms with Crippen LogP contribution in [0.3, 0.4) is 0 Å². The predicted molar refractivity (Wildman–Crippen MR) is 119 cm³/mol. The molecule has 0 unspecified atom stereocenters. The number of hydrogen-bond donors (Lipinski definition) is 1. The average molecular weight is 493 g/mol. The summed E-state index contributed by atoms with van der Waals surface area (Å²) in [5.41, 5.74) is 5.34. The highest BCUT2D eigenvalue weighted by Crippen LogP contribution is 2.34. The van der Waals surface area contributed by atoms with Crippen LogP contribution in [0.15, 0.2) is 70.2 Å². The second-order valence-corrected chi connectivity index (χ2v) is 7.60. The molecule has 0 bridgehead atoms. The number of hydrogen-bond acceptors (Lipinski definition) is 4. The van der Waals surface area contributed by atoms with Crippen LogP contribution in [0, 0.1) is 6.92 Å². The van der Waals surface area contributed by atoms with Gasteiger partial charge < -0.3 is 9.47 Å². The van der Waals surface area contributed by atoms with E-state index in [9.17, 15) is 13.2 Å². The van der Waals surface area contributed by atoms with E-state index in [2.05, 4.69) is 32.5 Å². The zero-order chi connectivity index (χ0) is 22.4. The molecule has 0 heterocycles. The van der Waals surface area contributed by atoms with Gasteiger partial charge in [-0.15, -0.1) is 0 Å². The number of nitrogens with one attached hydrogen (secondary N) is 1. The summed E-state index contributed by atoms with van der Waals surface area (Å²) < 4.78 is 50.0. The van der Waals surface area contributed by atoms with Crippen LogP contribution < -0.4 is 14.9 Å². The predicted octanol–water partition coefficient (Wildman–Crippen LogP) is 6.81. The Morgan fingerprint density at radius 3 is 2.42 bits per heavy atom. The molecule has 1 N–H and O–H groups in total. The summed E-state index contributed by atoms with van der Waals surface area (Å²) in [6, 6.07) is 16.2. The number of ether oxygens (including phenoxy) is 2. The van der Waals surface area contributed by atoms with E-state index < -0.39 is 11.7 Å². The van der Waals surface area contributed by atoms with Crippen LogP contribution in [0.4, 0.5) is 18.9 Å². The second kappa shape index (κ2) is 9.87. The van der Waals surface area contributed by atoms with Gasteiger partial charge in [-0.2, -0.15) is 18.3 Å². The number of methoxy groups -OCH3 is 1. The van der Waals surface area contributed by atoms with Crippen LogP contribution in [0.25, 0.3) is 0 Å². The first-order chi connectivity index (χ1) is 14.8. The monoisotopic (exact) mass is 492 g/mol. The van der Waals surface area contributed by atoms with E-state index in [1.54, 1.807) is 19.2 Å². The zero-order valence-corrected chi connectivity index (χ0v) is 18.4. The molecule has 8 heteroatoms. The summed E-state index contributed by atoms with van der Waals surface area (Å²) in [5, 5.41) is 4.09. The Morgan fingerprint density at radius 1 is 1.03 bits per heavy atom. The Bertz CT molecular complexity index is 1070. The molecule has 3 aromatic rings. The SMILES string of the molecule is COc1cc(/C=N/Nc2ccc(C(F)(F)F)cc2)c(Br)cc1OCc1cccc(C)c1. The largest absolute Gasteiger partial charge is 0.493 e. The summed E-state index contributed by atoms with van der Waals surface area (Å²) in [5.74, 6) is 1.11. The van der Waals surface area contributed by atoms with E-state index in [1.165, 1.54) is 18.3 Å². The topological polar surface area (TPSA) is 42.8 Å². The molecule has 0 aromatic heterocycles. The highest BCUT2D eigenvalue weighted by atomic mass is 79.9. The third-order valence-electron chi connectivity index (χ3n) is 4.37. The van der Waals surface area contributed by atoms with Gasteiger partial charge in [-0.1, -0.05) is 29.8 Å². The van der Waals surface area contributed by atoms with E-state index in [-0.39, 0.29) is 0 Å². The maximum Gasteiger partial charge on any atom is 0.416 e. The number of halogens is 4. The summed E-state index contributed by atoms with van der Waals surface area (Å²) in [7, 11) is 1.55. The molecular formula is C23H20BrF3N2O2. The van der Waals surface area contributed by atoms with Crippen LogP contribution in [0.1, 0.15) is 22.3 Å². The Labute approximate surface area is 186 Å². The van der Waals surface area contributed by atoms with Gasteiger partial charge in [0.1, 0.15) is 6.61 Å². The van der Waals surface area contributed by atoms with Gasteiger partial charge in [0.05, 0.1) is 24.6 Å². The summed E-state index contributed by atoms with van der Waals surface area (Å²) >= 11 is 3.49. The summed E-state index contributed by atoms with van der Waals surface area (Å²) in [6.07, 6.45) is -2.83. The molecule has 0 fully saturated rings. The average Bonchev–Trinajstić information content (AvgIpc) is 2.73. The summed E-state index contributed by atoms with van der Waals surface area (Å²) in [4.78, 5) is 0. The maximum atomic E-state index is 12.6. The molecule has 0 radical (unpaired) electrons. The van der Waals surface area contributed by atoms with Gasteiger partial charge in [0.25, 0.3) is 0 Å². The molecule has 0 aliphatic heterocycles. The van der Waals surface area contributed by atoms with E-state index in [0.717, 1.165) is 27.7 Å². The first-order valence-corrected chi connectivity index (χ1v) is 10.1. The normalized spacial score (nSPS) is 11.5. The minimum Gasteiger partial charge on any atom is -0.493 e. The molecule has 0 spiro atoms.